The van der Waals surface area contributed by atoms with Gasteiger partial charge in [0.15, 0.2) is 0 Å². The fourth-order valence-electron chi connectivity index (χ4n) is 2.83. The number of nitrogens with one attached hydrogen (secondary N) is 1. The molecule has 0 unspecified atom stereocenters. The Morgan fingerprint density at radius 1 is 1.33 bits per heavy atom. The lowest BCUT2D eigenvalue weighted by Gasteiger charge is -2.25. The summed E-state index contributed by atoms with van der Waals surface area (Å²) in [5.41, 5.74) is 5.36. The van der Waals surface area contributed by atoms with Gasteiger partial charge in [-0.15, -0.1) is 0 Å². The Bertz CT molecular complexity index is 534. The van der Waals surface area contributed by atoms with Crippen molar-refractivity contribution in [2.24, 2.45) is 11.1 Å². The van der Waals surface area contributed by atoms with E-state index in [2.05, 4.69) is 12.2 Å². The first-order valence-electron chi connectivity index (χ1n) is 6.96. The van der Waals surface area contributed by atoms with Gasteiger partial charge in [0.2, 0.25) is 0 Å². The SMILES string of the molecule is CC1(CNc2ccc(C(F)(F)F)c(C(N)=S)c2)CCCC1. The lowest BCUT2D eigenvalue weighted by Crippen LogP contribution is -2.23. The topological polar surface area (TPSA) is 38.0 Å². The second-order valence-electron chi connectivity index (χ2n) is 5.99. The van der Waals surface area contributed by atoms with Crippen LogP contribution in [0.2, 0.25) is 0 Å². The van der Waals surface area contributed by atoms with Gasteiger partial charge in [0.25, 0.3) is 0 Å². The van der Waals surface area contributed by atoms with Crippen LogP contribution in [0.5, 0.6) is 0 Å². The van der Waals surface area contributed by atoms with Crippen LogP contribution >= 0.6 is 12.2 Å². The van der Waals surface area contributed by atoms with E-state index in [1.54, 1.807) is 0 Å². The Balaban J connectivity index is 2.18. The predicted molar refractivity (Wildman–Crippen MR) is 82.4 cm³/mol. The lowest BCUT2D eigenvalue weighted by molar-refractivity contribution is -0.137. The zero-order chi connectivity index (χ0) is 15.7. The highest BCUT2D eigenvalue weighted by Crippen LogP contribution is 2.38. The van der Waals surface area contributed by atoms with E-state index < -0.39 is 11.7 Å². The van der Waals surface area contributed by atoms with Crippen LogP contribution in [0.4, 0.5) is 18.9 Å². The van der Waals surface area contributed by atoms with Gasteiger partial charge in [0, 0.05) is 17.8 Å². The molecule has 3 N–H and O–H groups in total. The number of halogens is 3. The Kier molecular flexibility index (Phi) is 4.46. The Morgan fingerprint density at radius 2 is 1.95 bits per heavy atom. The summed E-state index contributed by atoms with van der Waals surface area (Å²) in [6.07, 6.45) is 0.257. The molecule has 0 amide bonds. The molecular weight excluding hydrogens is 297 g/mol. The molecule has 0 saturated heterocycles. The van der Waals surface area contributed by atoms with Crippen molar-refractivity contribution in [3.05, 3.63) is 29.3 Å². The summed E-state index contributed by atoms with van der Waals surface area (Å²) in [5.74, 6) is 0. The highest BCUT2D eigenvalue weighted by molar-refractivity contribution is 7.80. The average Bonchev–Trinajstić information content (AvgIpc) is 2.82. The van der Waals surface area contributed by atoms with Gasteiger partial charge >= 0.3 is 6.18 Å². The molecule has 0 spiro atoms. The van der Waals surface area contributed by atoms with Crippen LogP contribution in [0.25, 0.3) is 0 Å². The number of hydrogen-bond donors (Lipinski definition) is 2. The third kappa shape index (κ3) is 3.87. The number of alkyl halides is 3. The maximum atomic E-state index is 12.9. The Morgan fingerprint density at radius 3 is 2.48 bits per heavy atom. The number of anilines is 1. The van der Waals surface area contributed by atoms with Crippen molar-refractivity contribution in [1.29, 1.82) is 0 Å². The quantitative estimate of drug-likeness (QED) is 0.812. The molecular formula is C15H19F3N2S. The molecule has 1 aromatic rings. The van der Waals surface area contributed by atoms with Crippen LogP contribution in [0.15, 0.2) is 18.2 Å². The first-order valence-corrected chi connectivity index (χ1v) is 7.37. The van der Waals surface area contributed by atoms with E-state index in [4.69, 9.17) is 18.0 Å². The van der Waals surface area contributed by atoms with E-state index in [9.17, 15) is 13.2 Å². The lowest BCUT2D eigenvalue weighted by atomic mass is 9.89. The Hall–Kier alpha value is -1.30. The average molecular weight is 316 g/mol. The van der Waals surface area contributed by atoms with Crippen molar-refractivity contribution in [2.45, 2.75) is 38.8 Å². The number of rotatable bonds is 4. The summed E-state index contributed by atoms with van der Waals surface area (Å²) in [7, 11) is 0. The summed E-state index contributed by atoms with van der Waals surface area (Å²) >= 11 is 4.74. The van der Waals surface area contributed by atoms with Crippen molar-refractivity contribution in [3.8, 4) is 0 Å². The molecule has 0 atom stereocenters. The first kappa shape index (κ1) is 16.1. The molecule has 0 aliphatic heterocycles. The van der Waals surface area contributed by atoms with E-state index in [0.717, 1.165) is 25.5 Å². The van der Waals surface area contributed by atoms with Gasteiger partial charge in [-0.2, -0.15) is 13.2 Å². The summed E-state index contributed by atoms with van der Waals surface area (Å²) in [6.45, 7) is 2.95. The van der Waals surface area contributed by atoms with Crippen LogP contribution in [-0.2, 0) is 6.18 Å². The number of benzene rings is 1. The molecule has 1 aromatic carbocycles. The Labute approximate surface area is 127 Å². The van der Waals surface area contributed by atoms with Crippen molar-refractivity contribution in [2.75, 3.05) is 11.9 Å². The molecule has 1 saturated carbocycles. The minimum atomic E-state index is -4.45. The summed E-state index contributed by atoms with van der Waals surface area (Å²) in [5, 5.41) is 3.22. The number of thiocarbonyl (C=S) groups is 1. The van der Waals surface area contributed by atoms with Gasteiger partial charge < -0.3 is 11.1 Å². The molecule has 6 heteroatoms. The van der Waals surface area contributed by atoms with Gasteiger partial charge in [-0.25, -0.2) is 0 Å². The smallest absolute Gasteiger partial charge is 0.389 e. The van der Waals surface area contributed by atoms with Crippen molar-refractivity contribution >= 4 is 22.9 Å². The minimum Gasteiger partial charge on any atom is -0.389 e. The highest BCUT2D eigenvalue weighted by Gasteiger charge is 2.34. The fourth-order valence-corrected chi connectivity index (χ4v) is 2.99. The molecule has 1 aliphatic carbocycles. The number of hydrogen-bond acceptors (Lipinski definition) is 2. The largest absolute Gasteiger partial charge is 0.417 e. The summed E-state index contributed by atoms with van der Waals surface area (Å²) in [6, 6.07) is 3.86. The van der Waals surface area contributed by atoms with Crippen molar-refractivity contribution in [3.63, 3.8) is 0 Å². The van der Waals surface area contributed by atoms with Gasteiger partial charge in [-0.3, -0.25) is 0 Å². The van der Waals surface area contributed by atoms with Gasteiger partial charge in [0.1, 0.15) is 4.99 Å². The van der Waals surface area contributed by atoms with E-state index in [0.29, 0.717) is 5.69 Å². The van der Waals surface area contributed by atoms with Crippen LogP contribution in [0.3, 0.4) is 0 Å². The summed E-state index contributed by atoms with van der Waals surface area (Å²) < 4.78 is 38.7. The fraction of sp³-hybridized carbons (Fsp3) is 0.533. The minimum absolute atomic E-state index is 0.126. The predicted octanol–water partition coefficient (Wildman–Crippen LogP) is 4.33. The van der Waals surface area contributed by atoms with E-state index in [-0.39, 0.29) is 16.0 Å². The van der Waals surface area contributed by atoms with Gasteiger partial charge in [0.05, 0.1) is 5.56 Å². The number of nitrogens with two attached hydrogens (primary N) is 1. The molecule has 2 nitrogen and oxygen atoms in total. The van der Waals surface area contributed by atoms with E-state index in [1.165, 1.54) is 25.0 Å². The molecule has 116 valence electrons. The second kappa shape index (κ2) is 5.83. The van der Waals surface area contributed by atoms with Crippen LogP contribution in [-0.4, -0.2) is 11.5 Å². The van der Waals surface area contributed by atoms with Crippen molar-refractivity contribution < 1.29 is 13.2 Å². The maximum Gasteiger partial charge on any atom is 0.417 e. The molecule has 0 aromatic heterocycles. The second-order valence-corrected chi connectivity index (χ2v) is 6.43. The van der Waals surface area contributed by atoms with E-state index in [1.807, 2.05) is 0 Å². The van der Waals surface area contributed by atoms with Crippen LogP contribution in [0.1, 0.15) is 43.7 Å². The zero-order valence-electron chi connectivity index (χ0n) is 11.9. The molecule has 1 fully saturated rings. The molecule has 21 heavy (non-hydrogen) atoms. The van der Waals surface area contributed by atoms with Gasteiger partial charge in [-0.1, -0.05) is 32.0 Å². The molecule has 2 rings (SSSR count). The molecule has 0 bridgehead atoms. The highest BCUT2D eigenvalue weighted by atomic mass is 32.1. The third-order valence-corrected chi connectivity index (χ3v) is 4.34. The first-order chi connectivity index (χ1) is 9.71. The standard InChI is InChI=1S/C15H19F3N2S/c1-14(6-2-3-7-14)9-20-10-4-5-12(15(16,17)18)11(8-10)13(19)21/h4-5,8,20H,2-3,6-7,9H2,1H3,(H2,19,21). The molecule has 0 radical (unpaired) electrons. The monoisotopic (exact) mass is 316 g/mol. The normalized spacial score (nSPS) is 17.7. The molecule has 0 heterocycles. The molecule has 1 aliphatic rings. The van der Waals surface area contributed by atoms with Crippen LogP contribution in [0, 0.1) is 5.41 Å². The zero-order valence-corrected chi connectivity index (χ0v) is 12.7. The summed E-state index contributed by atoms with van der Waals surface area (Å²) in [4.78, 5) is -0.238. The third-order valence-electron chi connectivity index (χ3n) is 4.12. The van der Waals surface area contributed by atoms with Gasteiger partial charge in [-0.05, 0) is 36.5 Å². The maximum absolute atomic E-state index is 12.9. The van der Waals surface area contributed by atoms with E-state index >= 15 is 0 Å². The van der Waals surface area contributed by atoms with Crippen LogP contribution < -0.4 is 11.1 Å². The van der Waals surface area contributed by atoms with Crippen molar-refractivity contribution in [1.82, 2.24) is 0 Å².